The number of rotatable bonds is 3. The fourth-order valence-corrected chi connectivity index (χ4v) is 2.19. The van der Waals surface area contributed by atoms with Crippen LogP contribution >= 0.6 is 11.6 Å². The maximum atomic E-state index is 6.29. The van der Waals surface area contributed by atoms with Gasteiger partial charge >= 0.3 is 0 Å². The van der Waals surface area contributed by atoms with Gasteiger partial charge in [-0.1, -0.05) is 17.7 Å². The maximum absolute atomic E-state index is 6.29. The Kier molecular flexibility index (Phi) is 3.50. The first-order chi connectivity index (χ1) is 8.11. The zero-order valence-electron chi connectivity index (χ0n) is 10.3. The summed E-state index contributed by atoms with van der Waals surface area (Å²) in [5.41, 5.74) is 4.18. The molecule has 3 nitrogen and oxygen atoms in total. The van der Waals surface area contributed by atoms with Gasteiger partial charge in [-0.3, -0.25) is 0 Å². The second-order valence-electron chi connectivity index (χ2n) is 4.15. The van der Waals surface area contributed by atoms with Crippen LogP contribution in [-0.2, 0) is 6.54 Å². The quantitative estimate of drug-likeness (QED) is 0.907. The van der Waals surface area contributed by atoms with Crippen LogP contribution in [0.3, 0.4) is 0 Å². The highest BCUT2D eigenvalue weighted by molar-refractivity contribution is 6.32. The molecule has 0 aliphatic carbocycles. The molecule has 0 bridgehead atoms. The van der Waals surface area contributed by atoms with Crippen molar-refractivity contribution >= 4 is 11.6 Å². The van der Waals surface area contributed by atoms with Crippen LogP contribution in [0.1, 0.15) is 17.0 Å². The molecule has 1 aromatic carbocycles. The number of nitrogens with zero attached hydrogens (tertiary/aromatic N) is 2. The Morgan fingerprint density at radius 2 is 2.06 bits per heavy atom. The summed E-state index contributed by atoms with van der Waals surface area (Å²) in [6.45, 7) is 4.82. The van der Waals surface area contributed by atoms with Gasteiger partial charge in [-0.15, -0.1) is 0 Å². The summed E-state index contributed by atoms with van der Waals surface area (Å²) in [4.78, 5) is 0. The van der Waals surface area contributed by atoms with Crippen LogP contribution in [-0.4, -0.2) is 16.8 Å². The molecule has 0 radical (unpaired) electrons. The lowest BCUT2D eigenvalue weighted by Crippen LogP contribution is -2.06. The van der Waals surface area contributed by atoms with Gasteiger partial charge in [-0.25, -0.2) is 4.68 Å². The number of halogens is 1. The summed E-state index contributed by atoms with van der Waals surface area (Å²) in [5.74, 6) is 0. The van der Waals surface area contributed by atoms with Crippen LogP contribution in [0, 0.1) is 13.8 Å². The molecule has 0 spiro atoms. The van der Waals surface area contributed by atoms with Crippen molar-refractivity contribution in [3.8, 4) is 5.69 Å². The highest BCUT2D eigenvalue weighted by Gasteiger charge is 2.08. The van der Waals surface area contributed by atoms with E-state index in [1.807, 2.05) is 43.8 Å². The van der Waals surface area contributed by atoms with Gasteiger partial charge in [0.15, 0.2) is 0 Å². The molecule has 0 aliphatic heterocycles. The van der Waals surface area contributed by atoms with Gasteiger partial charge < -0.3 is 5.32 Å². The minimum Gasteiger partial charge on any atom is -0.316 e. The molecule has 0 saturated carbocycles. The summed E-state index contributed by atoms with van der Waals surface area (Å²) in [6.07, 6.45) is 0. The highest BCUT2D eigenvalue weighted by Crippen LogP contribution is 2.23. The molecule has 4 heteroatoms. The van der Waals surface area contributed by atoms with E-state index in [1.165, 1.54) is 5.56 Å². The SMILES string of the molecule is CNCc1ccc(-n2nc(C)cc2C)c(Cl)c1. The van der Waals surface area contributed by atoms with Gasteiger partial charge in [0.1, 0.15) is 0 Å². The van der Waals surface area contributed by atoms with Crippen LogP contribution in [0.25, 0.3) is 5.69 Å². The summed E-state index contributed by atoms with van der Waals surface area (Å²) >= 11 is 6.29. The topological polar surface area (TPSA) is 29.9 Å². The third-order valence-electron chi connectivity index (χ3n) is 2.63. The lowest BCUT2D eigenvalue weighted by atomic mass is 10.2. The molecule has 2 aromatic rings. The van der Waals surface area contributed by atoms with E-state index >= 15 is 0 Å². The van der Waals surface area contributed by atoms with Crippen molar-refractivity contribution in [3.63, 3.8) is 0 Å². The maximum Gasteiger partial charge on any atom is 0.0835 e. The Morgan fingerprint density at radius 3 is 2.59 bits per heavy atom. The van der Waals surface area contributed by atoms with Crippen molar-refractivity contribution < 1.29 is 0 Å². The molecular formula is C13H16ClN3. The molecule has 0 unspecified atom stereocenters. The van der Waals surface area contributed by atoms with Crippen molar-refractivity contribution in [1.82, 2.24) is 15.1 Å². The van der Waals surface area contributed by atoms with E-state index in [1.54, 1.807) is 0 Å². The van der Waals surface area contributed by atoms with Gasteiger partial charge in [-0.05, 0) is 44.7 Å². The first-order valence-corrected chi connectivity index (χ1v) is 5.96. The minimum absolute atomic E-state index is 0.726. The van der Waals surface area contributed by atoms with Gasteiger partial charge in [0.05, 0.1) is 16.4 Å². The lowest BCUT2D eigenvalue weighted by molar-refractivity contribution is 0.810. The summed E-state index contributed by atoms with van der Waals surface area (Å²) in [7, 11) is 1.92. The Morgan fingerprint density at radius 1 is 1.29 bits per heavy atom. The predicted octanol–water partition coefficient (Wildman–Crippen LogP) is 2.86. The van der Waals surface area contributed by atoms with Gasteiger partial charge in [0.25, 0.3) is 0 Å². The molecular weight excluding hydrogens is 234 g/mol. The van der Waals surface area contributed by atoms with Crippen molar-refractivity contribution in [2.45, 2.75) is 20.4 Å². The molecule has 0 fully saturated rings. The minimum atomic E-state index is 0.726. The van der Waals surface area contributed by atoms with Gasteiger partial charge in [0.2, 0.25) is 0 Å². The van der Waals surface area contributed by atoms with E-state index in [0.717, 1.165) is 28.6 Å². The van der Waals surface area contributed by atoms with E-state index in [9.17, 15) is 0 Å². The van der Waals surface area contributed by atoms with E-state index in [2.05, 4.69) is 16.5 Å². The van der Waals surface area contributed by atoms with E-state index in [4.69, 9.17) is 11.6 Å². The first kappa shape index (κ1) is 12.1. The predicted molar refractivity (Wildman–Crippen MR) is 70.8 cm³/mol. The normalized spacial score (nSPS) is 10.8. The molecule has 90 valence electrons. The number of aryl methyl sites for hydroxylation is 2. The molecule has 0 amide bonds. The van der Waals surface area contributed by atoms with Crippen LogP contribution < -0.4 is 5.32 Å². The molecule has 0 atom stereocenters. The number of hydrogen-bond donors (Lipinski definition) is 1. The number of benzene rings is 1. The Balaban J connectivity index is 2.43. The lowest BCUT2D eigenvalue weighted by Gasteiger charge is -2.08. The molecule has 0 aliphatic rings. The third kappa shape index (κ3) is 2.51. The molecule has 1 aromatic heterocycles. The zero-order valence-corrected chi connectivity index (χ0v) is 11.0. The fraction of sp³-hybridized carbons (Fsp3) is 0.308. The number of aromatic nitrogens is 2. The molecule has 1 heterocycles. The molecule has 2 rings (SSSR count). The van der Waals surface area contributed by atoms with Gasteiger partial charge in [-0.2, -0.15) is 5.10 Å². The molecule has 17 heavy (non-hydrogen) atoms. The van der Waals surface area contributed by atoms with Crippen molar-refractivity contribution in [2.75, 3.05) is 7.05 Å². The van der Waals surface area contributed by atoms with E-state index in [-0.39, 0.29) is 0 Å². The molecule has 0 saturated heterocycles. The van der Waals surface area contributed by atoms with Crippen molar-refractivity contribution in [3.05, 3.63) is 46.2 Å². The zero-order chi connectivity index (χ0) is 12.4. The largest absolute Gasteiger partial charge is 0.316 e. The van der Waals surface area contributed by atoms with Crippen molar-refractivity contribution in [2.24, 2.45) is 0 Å². The summed E-state index contributed by atoms with van der Waals surface area (Å²) < 4.78 is 1.88. The monoisotopic (exact) mass is 249 g/mol. The summed E-state index contributed by atoms with van der Waals surface area (Å²) in [5, 5.41) is 8.26. The Hall–Kier alpha value is -1.32. The smallest absolute Gasteiger partial charge is 0.0835 e. The van der Waals surface area contributed by atoms with Crippen LogP contribution in [0.2, 0.25) is 5.02 Å². The number of nitrogens with one attached hydrogen (secondary N) is 1. The first-order valence-electron chi connectivity index (χ1n) is 5.58. The third-order valence-corrected chi connectivity index (χ3v) is 2.93. The Bertz CT molecular complexity index is 531. The second kappa shape index (κ2) is 4.90. The van der Waals surface area contributed by atoms with Crippen molar-refractivity contribution in [1.29, 1.82) is 0 Å². The highest BCUT2D eigenvalue weighted by atomic mass is 35.5. The van der Waals surface area contributed by atoms with Crippen LogP contribution in [0.15, 0.2) is 24.3 Å². The van der Waals surface area contributed by atoms with Crippen LogP contribution in [0.5, 0.6) is 0 Å². The Labute approximate surface area is 106 Å². The molecule has 1 N–H and O–H groups in total. The van der Waals surface area contributed by atoms with Gasteiger partial charge in [0, 0.05) is 12.2 Å². The average molecular weight is 250 g/mol. The number of hydrogen-bond acceptors (Lipinski definition) is 2. The fourth-order valence-electron chi connectivity index (χ4n) is 1.91. The van der Waals surface area contributed by atoms with E-state index < -0.39 is 0 Å². The standard InChI is InChI=1S/C13H16ClN3/c1-9-6-10(2)17(16-9)13-5-4-11(8-15-3)7-12(13)14/h4-7,15H,8H2,1-3H3. The van der Waals surface area contributed by atoms with E-state index in [0.29, 0.717) is 0 Å². The second-order valence-corrected chi connectivity index (χ2v) is 4.56. The average Bonchev–Trinajstić information content (AvgIpc) is 2.58. The summed E-state index contributed by atoms with van der Waals surface area (Å²) in [6, 6.07) is 8.09. The van der Waals surface area contributed by atoms with Crippen LogP contribution in [0.4, 0.5) is 0 Å².